The number of aliphatic carboxylic acids is 1. The van der Waals surface area contributed by atoms with Gasteiger partial charge in [-0.25, -0.2) is 9.78 Å². The largest absolute Gasteiger partial charge is 0.478 e. The zero-order chi connectivity index (χ0) is 15.1. The first kappa shape index (κ1) is 14.9. The van der Waals surface area contributed by atoms with E-state index in [1.165, 1.54) is 23.7 Å². The lowest BCUT2D eigenvalue weighted by atomic mass is 10.3. The summed E-state index contributed by atoms with van der Waals surface area (Å²) in [5.41, 5.74) is 0.814. The minimum absolute atomic E-state index is 0.0680. The molecule has 0 atom stereocenters. The lowest BCUT2D eigenvalue weighted by Gasteiger charge is -2.03. The Labute approximate surface area is 124 Å². The van der Waals surface area contributed by atoms with Crippen LogP contribution in [0.1, 0.15) is 16.9 Å². The number of nitrogens with one attached hydrogen (secondary N) is 1. The second-order valence-electron chi connectivity index (χ2n) is 4.20. The molecule has 2 N–H and O–H groups in total. The van der Waals surface area contributed by atoms with Gasteiger partial charge in [0.1, 0.15) is 12.7 Å². The van der Waals surface area contributed by atoms with Gasteiger partial charge in [0.25, 0.3) is 0 Å². The first-order chi connectivity index (χ1) is 10.1. The van der Waals surface area contributed by atoms with E-state index in [4.69, 9.17) is 5.11 Å². The average molecular weight is 306 g/mol. The Morgan fingerprint density at radius 2 is 2.33 bits per heavy atom. The molecule has 0 radical (unpaired) electrons. The van der Waals surface area contributed by atoms with E-state index in [2.05, 4.69) is 15.4 Å². The third-order valence-corrected chi connectivity index (χ3v) is 3.54. The van der Waals surface area contributed by atoms with Crippen LogP contribution in [-0.2, 0) is 22.7 Å². The minimum Gasteiger partial charge on any atom is -0.478 e. The quantitative estimate of drug-likeness (QED) is 0.748. The van der Waals surface area contributed by atoms with E-state index in [1.807, 2.05) is 11.4 Å². The van der Waals surface area contributed by atoms with Gasteiger partial charge in [-0.3, -0.25) is 9.48 Å². The number of carboxylic acids is 1. The summed E-state index contributed by atoms with van der Waals surface area (Å²) < 4.78 is 1.60. The van der Waals surface area contributed by atoms with Crippen molar-refractivity contribution in [1.29, 1.82) is 0 Å². The van der Waals surface area contributed by atoms with E-state index in [-0.39, 0.29) is 5.91 Å². The van der Waals surface area contributed by atoms with Crippen LogP contribution in [0.25, 0.3) is 6.08 Å². The van der Waals surface area contributed by atoms with Crippen molar-refractivity contribution in [2.45, 2.75) is 19.5 Å². The third-order valence-electron chi connectivity index (χ3n) is 2.59. The smallest absolute Gasteiger partial charge is 0.328 e. The number of aryl methyl sites for hydroxylation is 1. The van der Waals surface area contributed by atoms with Gasteiger partial charge in [-0.1, -0.05) is 0 Å². The van der Waals surface area contributed by atoms with Gasteiger partial charge >= 0.3 is 5.97 Å². The van der Waals surface area contributed by atoms with E-state index in [0.717, 1.165) is 16.5 Å². The molecule has 21 heavy (non-hydrogen) atoms. The number of amides is 1. The fraction of sp³-hybridized carbons (Fsp3) is 0.231. The maximum atomic E-state index is 11.7. The van der Waals surface area contributed by atoms with Gasteiger partial charge in [-0.15, -0.1) is 11.3 Å². The Kier molecular flexibility index (Phi) is 5.22. The molecule has 0 bridgehead atoms. The second kappa shape index (κ2) is 7.34. The van der Waals surface area contributed by atoms with E-state index in [0.29, 0.717) is 19.5 Å². The summed E-state index contributed by atoms with van der Waals surface area (Å²) in [6, 6.07) is 1.85. The molecular formula is C13H14N4O3S. The first-order valence-corrected chi connectivity index (χ1v) is 7.09. The Bertz CT molecular complexity index is 634. The highest BCUT2D eigenvalue weighted by Gasteiger charge is 2.04. The first-order valence-electron chi connectivity index (χ1n) is 6.21. The van der Waals surface area contributed by atoms with Gasteiger partial charge in [0.2, 0.25) is 5.91 Å². The number of carbonyl (C=O) groups is 2. The number of thiophene rings is 1. The van der Waals surface area contributed by atoms with Crippen molar-refractivity contribution in [2.24, 2.45) is 0 Å². The zero-order valence-corrected chi connectivity index (χ0v) is 11.9. The number of carbonyl (C=O) groups excluding carboxylic acids is 1. The summed E-state index contributed by atoms with van der Waals surface area (Å²) in [6.45, 7) is 0.921. The van der Waals surface area contributed by atoms with Crippen molar-refractivity contribution in [2.75, 3.05) is 0 Å². The molecule has 0 saturated carbocycles. The molecule has 7 nitrogen and oxygen atoms in total. The Morgan fingerprint density at radius 3 is 3.05 bits per heavy atom. The fourth-order valence-corrected chi connectivity index (χ4v) is 2.38. The number of nitrogens with zero attached hydrogens (tertiary/aromatic N) is 3. The van der Waals surface area contributed by atoms with Crippen molar-refractivity contribution in [3.8, 4) is 0 Å². The highest BCUT2D eigenvalue weighted by Crippen LogP contribution is 2.15. The maximum absolute atomic E-state index is 11.7. The number of hydrogen-bond acceptors (Lipinski definition) is 5. The van der Waals surface area contributed by atoms with Crippen molar-refractivity contribution in [1.82, 2.24) is 20.1 Å². The highest BCUT2D eigenvalue weighted by molar-refractivity contribution is 7.10. The Morgan fingerprint density at radius 1 is 1.48 bits per heavy atom. The summed E-state index contributed by atoms with van der Waals surface area (Å²) in [5.74, 6) is -1.05. The monoisotopic (exact) mass is 306 g/mol. The van der Waals surface area contributed by atoms with E-state index in [9.17, 15) is 9.59 Å². The van der Waals surface area contributed by atoms with Crippen LogP contribution in [0.4, 0.5) is 0 Å². The van der Waals surface area contributed by atoms with E-state index >= 15 is 0 Å². The fourth-order valence-electron chi connectivity index (χ4n) is 1.58. The van der Waals surface area contributed by atoms with Gasteiger partial charge in [-0.05, 0) is 23.1 Å². The van der Waals surface area contributed by atoms with Crippen LogP contribution in [0.5, 0.6) is 0 Å². The predicted molar refractivity (Wildman–Crippen MR) is 77.5 cm³/mol. The van der Waals surface area contributed by atoms with Gasteiger partial charge < -0.3 is 10.4 Å². The molecule has 2 rings (SSSR count). The van der Waals surface area contributed by atoms with Crippen LogP contribution in [-0.4, -0.2) is 31.7 Å². The molecule has 0 fully saturated rings. The standard InChI is InChI=1S/C13H14N4O3S/c18-12(3-4-17-9-14-8-16-17)15-6-11-5-10(7-21-11)1-2-13(19)20/h1-2,5,7-9H,3-4,6H2,(H,15,18)(H,19,20). The molecule has 1 amide bonds. The van der Waals surface area contributed by atoms with Crippen LogP contribution in [0.15, 0.2) is 30.2 Å². The van der Waals surface area contributed by atoms with Crippen LogP contribution < -0.4 is 5.32 Å². The molecule has 0 aliphatic carbocycles. The topological polar surface area (TPSA) is 97.1 Å². The normalized spacial score (nSPS) is 10.9. The highest BCUT2D eigenvalue weighted by atomic mass is 32.1. The Balaban J connectivity index is 1.75. The van der Waals surface area contributed by atoms with E-state index in [1.54, 1.807) is 11.0 Å². The molecule has 0 unspecified atom stereocenters. The summed E-state index contributed by atoms with van der Waals surface area (Å²) in [7, 11) is 0. The SMILES string of the molecule is O=C(O)C=Cc1csc(CNC(=O)CCn2cncn2)c1. The van der Waals surface area contributed by atoms with Crippen LogP contribution in [0, 0.1) is 0 Å². The number of aromatic nitrogens is 3. The molecular weight excluding hydrogens is 292 g/mol. The summed E-state index contributed by atoms with van der Waals surface area (Å²) in [6.07, 6.45) is 5.93. The van der Waals surface area contributed by atoms with Crippen molar-refractivity contribution in [3.63, 3.8) is 0 Å². The lowest BCUT2D eigenvalue weighted by Crippen LogP contribution is -2.23. The third kappa shape index (κ3) is 5.19. The average Bonchev–Trinajstić information content (AvgIpc) is 3.12. The molecule has 110 valence electrons. The molecule has 0 saturated heterocycles. The maximum Gasteiger partial charge on any atom is 0.328 e. The number of carboxylic acid groups (broad SMARTS) is 1. The molecule has 0 spiro atoms. The van der Waals surface area contributed by atoms with Gasteiger partial charge in [0.15, 0.2) is 0 Å². The van der Waals surface area contributed by atoms with Crippen LogP contribution in [0.3, 0.4) is 0 Å². The summed E-state index contributed by atoms with van der Waals surface area (Å²) in [5, 5.41) is 17.1. The molecule has 0 aliphatic heterocycles. The number of hydrogen-bond donors (Lipinski definition) is 2. The minimum atomic E-state index is -0.982. The van der Waals surface area contributed by atoms with Gasteiger partial charge in [0.05, 0.1) is 13.1 Å². The van der Waals surface area contributed by atoms with Crippen molar-refractivity contribution in [3.05, 3.63) is 40.6 Å². The van der Waals surface area contributed by atoms with E-state index < -0.39 is 5.97 Å². The zero-order valence-electron chi connectivity index (χ0n) is 11.1. The van der Waals surface area contributed by atoms with Crippen LogP contribution >= 0.6 is 11.3 Å². The second-order valence-corrected chi connectivity index (χ2v) is 5.20. The molecule has 8 heteroatoms. The van der Waals surface area contributed by atoms with Gasteiger partial charge in [0, 0.05) is 17.4 Å². The number of rotatable bonds is 7. The molecule has 0 aromatic carbocycles. The predicted octanol–water partition coefficient (Wildman–Crippen LogP) is 1.14. The van der Waals surface area contributed by atoms with Gasteiger partial charge in [-0.2, -0.15) is 5.10 Å². The van der Waals surface area contributed by atoms with Crippen molar-refractivity contribution < 1.29 is 14.7 Å². The lowest BCUT2D eigenvalue weighted by molar-refractivity contribution is -0.131. The molecule has 0 aliphatic rings. The Hall–Kier alpha value is -2.48. The summed E-state index contributed by atoms with van der Waals surface area (Å²) in [4.78, 5) is 26.9. The van der Waals surface area contributed by atoms with Crippen LogP contribution in [0.2, 0.25) is 0 Å². The molecule has 2 aromatic heterocycles. The molecule has 2 heterocycles. The summed E-state index contributed by atoms with van der Waals surface area (Å²) >= 11 is 1.47. The van der Waals surface area contributed by atoms with Crippen molar-refractivity contribution >= 4 is 29.3 Å². The molecule has 2 aromatic rings.